The summed E-state index contributed by atoms with van der Waals surface area (Å²) in [7, 11) is 0. The summed E-state index contributed by atoms with van der Waals surface area (Å²) in [4.78, 5) is 30.6. The van der Waals surface area contributed by atoms with Gasteiger partial charge in [0.2, 0.25) is 0 Å². The molecule has 32 heavy (non-hydrogen) atoms. The summed E-state index contributed by atoms with van der Waals surface area (Å²) >= 11 is 0. The van der Waals surface area contributed by atoms with Crippen LogP contribution >= 0.6 is 0 Å². The fourth-order valence-corrected chi connectivity index (χ4v) is 4.14. The SMILES string of the molecule is CCN(C1=C(c2ccc(C)c(C)c2)C(=O)N(CCc2ccccc2)C1=O)c1ccccc1. The van der Waals surface area contributed by atoms with Crippen LogP contribution in [0.4, 0.5) is 5.69 Å². The number of carbonyl (C=O) groups is 2. The molecular weight excluding hydrogens is 396 g/mol. The molecule has 4 heteroatoms. The zero-order valence-electron chi connectivity index (χ0n) is 18.8. The second-order valence-corrected chi connectivity index (χ2v) is 8.10. The van der Waals surface area contributed by atoms with Crippen molar-refractivity contribution in [3.8, 4) is 0 Å². The molecule has 0 atom stereocenters. The van der Waals surface area contributed by atoms with Crippen LogP contribution in [-0.2, 0) is 16.0 Å². The van der Waals surface area contributed by atoms with Crippen LogP contribution in [-0.4, -0.2) is 29.8 Å². The smallest absolute Gasteiger partial charge is 0.278 e. The molecule has 0 saturated heterocycles. The Kier molecular flexibility index (Phi) is 6.22. The zero-order valence-corrected chi connectivity index (χ0v) is 18.8. The Bertz CT molecular complexity index is 1170. The summed E-state index contributed by atoms with van der Waals surface area (Å²) in [5.41, 5.74) is 5.99. The van der Waals surface area contributed by atoms with Gasteiger partial charge in [0.05, 0.1) is 5.57 Å². The first-order valence-electron chi connectivity index (χ1n) is 11.1. The number of imide groups is 1. The maximum absolute atomic E-state index is 13.7. The molecule has 3 aromatic rings. The van der Waals surface area contributed by atoms with Crippen LogP contribution in [0.15, 0.2) is 84.6 Å². The molecule has 0 N–H and O–H groups in total. The predicted molar refractivity (Wildman–Crippen MR) is 129 cm³/mol. The molecule has 0 saturated carbocycles. The molecule has 0 bridgehead atoms. The first-order valence-corrected chi connectivity index (χ1v) is 11.1. The van der Waals surface area contributed by atoms with Gasteiger partial charge in [0, 0.05) is 18.8 Å². The number of benzene rings is 3. The zero-order chi connectivity index (χ0) is 22.7. The third-order valence-electron chi connectivity index (χ3n) is 6.06. The molecular formula is C28H28N2O2. The highest BCUT2D eigenvalue weighted by Gasteiger charge is 2.41. The van der Waals surface area contributed by atoms with Crippen molar-refractivity contribution in [1.29, 1.82) is 0 Å². The fourth-order valence-electron chi connectivity index (χ4n) is 4.14. The topological polar surface area (TPSA) is 40.6 Å². The number of nitrogens with zero attached hydrogens (tertiary/aromatic N) is 2. The number of amides is 2. The highest BCUT2D eigenvalue weighted by atomic mass is 16.2. The van der Waals surface area contributed by atoms with Gasteiger partial charge in [0.1, 0.15) is 5.70 Å². The van der Waals surface area contributed by atoms with Crippen LogP contribution in [0.1, 0.15) is 29.2 Å². The largest absolute Gasteiger partial charge is 0.337 e. The van der Waals surface area contributed by atoms with Crippen LogP contribution in [0.25, 0.3) is 5.57 Å². The number of anilines is 1. The lowest BCUT2D eigenvalue weighted by atomic mass is 9.99. The third kappa shape index (κ3) is 4.09. The van der Waals surface area contributed by atoms with Crippen LogP contribution in [0.2, 0.25) is 0 Å². The average molecular weight is 425 g/mol. The lowest BCUT2D eigenvalue weighted by Crippen LogP contribution is -2.36. The second kappa shape index (κ2) is 9.23. The van der Waals surface area contributed by atoms with Crippen LogP contribution < -0.4 is 4.90 Å². The molecule has 0 unspecified atom stereocenters. The Balaban J connectivity index is 1.77. The van der Waals surface area contributed by atoms with Crippen LogP contribution in [0, 0.1) is 13.8 Å². The molecule has 4 rings (SSSR count). The van der Waals surface area contributed by atoms with E-state index in [1.807, 2.05) is 105 Å². The van der Waals surface area contributed by atoms with E-state index in [0.717, 1.165) is 27.9 Å². The highest BCUT2D eigenvalue weighted by Crippen LogP contribution is 2.35. The summed E-state index contributed by atoms with van der Waals surface area (Å²) in [6.07, 6.45) is 0.628. The molecule has 0 fully saturated rings. The minimum Gasteiger partial charge on any atom is -0.337 e. The molecule has 0 radical (unpaired) electrons. The van der Waals surface area contributed by atoms with E-state index in [1.54, 1.807) is 0 Å². The van der Waals surface area contributed by atoms with Gasteiger partial charge >= 0.3 is 0 Å². The van der Waals surface area contributed by atoms with Crippen molar-refractivity contribution >= 4 is 23.1 Å². The number of aryl methyl sites for hydroxylation is 2. The number of hydrogen-bond donors (Lipinski definition) is 0. The molecule has 0 aliphatic carbocycles. The maximum atomic E-state index is 13.7. The minimum absolute atomic E-state index is 0.224. The first-order chi connectivity index (χ1) is 15.5. The summed E-state index contributed by atoms with van der Waals surface area (Å²) in [5.74, 6) is -0.455. The van der Waals surface area contributed by atoms with E-state index in [0.29, 0.717) is 30.8 Å². The quantitative estimate of drug-likeness (QED) is 0.493. The average Bonchev–Trinajstić information content (AvgIpc) is 3.06. The predicted octanol–water partition coefficient (Wildman–Crippen LogP) is 5.15. The number of likely N-dealkylation sites (N-methyl/N-ethyl adjacent to an activating group) is 1. The number of rotatable bonds is 7. The van der Waals surface area contributed by atoms with Crippen molar-refractivity contribution in [2.24, 2.45) is 0 Å². The van der Waals surface area contributed by atoms with Crippen molar-refractivity contribution in [3.63, 3.8) is 0 Å². The molecule has 162 valence electrons. The Morgan fingerprint density at radius 1 is 0.781 bits per heavy atom. The van der Waals surface area contributed by atoms with Gasteiger partial charge < -0.3 is 4.90 Å². The van der Waals surface area contributed by atoms with Crippen LogP contribution in [0.5, 0.6) is 0 Å². The maximum Gasteiger partial charge on any atom is 0.278 e. The molecule has 0 spiro atoms. The van der Waals surface area contributed by atoms with E-state index in [4.69, 9.17) is 0 Å². The Morgan fingerprint density at radius 2 is 1.44 bits per heavy atom. The van der Waals surface area contributed by atoms with Gasteiger partial charge in [0.15, 0.2) is 0 Å². The summed E-state index contributed by atoms with van der Waals surface area (Å²) in [5, 5.41) is 0. The lowest BCUT2D eigenvalue weighted by molar-refractivity contribution is -0.136. The Hall–Kier alpha value is -3.66. The molecule has 0 aromatic heterocycles. The molecule has 3 aromatic carbocycles. The van der Waals surface area contributed by atoms with Crippen molar-refractivity contribution in [2.75, 3.05) is 18.0 Å². The van der Waals surface area contributed by atoms with Gasteiger partial charge in [-0.2, -0.15) is 0 Å². The van der Waals surface area contributed by atoms with E-state index in [1.165, 1.54) is 4.90 Å². The summed E-state index contributed by atoms with van der Waals surface area (Å²) in [6, 6.07) is 25.7. The fraction of sp³-hybridized carbons (Fsp3) is 0.214. The van der Waals surface area contributed by atoms with Crippen molar-refractivity contribution < 1.29 is 9.59 Å². The van der Waals surface area contributed by atoms with Gasteiger partial charge in [-0.1, -0.05) is 66.7 Å². The lowest BCUT2D eigenvalue weighted by Gasteiger charge is -2.25. The summed E-state index contributed by atoms with van der Waals surface area (Å²) < 4.78 is 0. The second-order valence-electron chi connectivity index (χ2n) is 8.10. The van der Waals surface area contributed by atoms with E-state index in [-0.39, 0.29) is 11.8 Å². The minimum atomic E-state index is -0.232. The van der Waals surface area contributed by atoms with E-state index in [2.05, 4.69) is 0 Å². The van der Waals surface area contributed by atoms with Gasteiger partial charge in [-0.15, -0.1) is 0 Å². The van der Waals surface area contributed by atoms with Crippen molar-refractivity contribution in [2.45, 2.75) is 27.2 Å². The van der Waals surface area contributed by atoms with Crippen LogP contribution in [0.3, 0.4) is 0 Å². The molecule has 2 amide bonds. The van der Waals surface area contributed by atoms with E-state index >= 15 is 0 Å². The number of para-hydroxylation sites is 1. The molecule has 1 aliphatic rings. The number of carbonyl (C=O) groups excluding carboxylic acids is 2. The first kappa shape index (κ1) is 21.6. The van der Waals surface area contributed by atoms with Crippen molar-refractivity contribution in [1.82, 2.24) is 4.90 Å². The van der Waals surface area contributed by atoms with Crippen molar-refractivity contribution in [3.05, 3.63) is 107 Å². The molecule has 1 heterocycles. The normalized spacial score (nSPS) is 13.8. The monoisotopic (exact) mass is 424 g/mol. The van der Waals surface area contributed by atoms with Gasteiger partial charge in [-0.05, 0) is 61.6 Å². The van der Waals surface area contributed by atoms with Gasteiger partial charge in [-0.3, -0.25) is 14.5 Å². The molecule has 1 aliphatic heterocycles. The molecule has 4 nitrogen and oxygen atoms in total. The summed E-state index contributed by atoms with van der Waals surface area (Å²) in [6.45, 7) is 7.01. The van der Waals surface area contributed by atoms with Gasteiger partial charge in [0.25, 0.3) is 11.8 Å². The van der Waals surface area contributed by atoms with E-state index < -0.39 is 0 Å². The Labute approximate surface area is 189 Å². The highest BCUT2D eigenvalue weighted by molar-refractivity contribution is 6.36. The van der Waals surface area contributed by atoms with E-state index in [9.17, 15) is 9.59 Å². The van der Waals surface area contributed by atoms with Gasteiger partial charge in [-0.25, -0.2) is 0 Å². The standard InChI is InChI=1S/C28H28N2O2/c1-4-29(24-13-9-6-10-14-24)26-25(23-16-15-20(2)21(3)19-23)27(31)30(28(26)32)18-17-22-11-7-5-8-12-22/h5-16,19H,4,17-18H2,1-3H3. The third-order valence-corrected chi connectivity index (χ3v) is 6.06. The number of hydrogen-bond acceptors (Lipinski definition) is 3. The Morgan fingerprint density at radius 3 is 2.06 bits per heavy atom.